The van der Waals surface area contributed by atoms with Gasteiger partial charge in [-0.1, -0.05) is 34.7 Å². The number of halogens is 1. The zero-order valence-corrected chi connectivity index (χ0v) is 19.2. The van der Waals surface area contributed by atoms with Crippen molar-refractivity contribution in [1.82, 2.24) is 30.3 Å². The fourth-order valence-electron chi connectivity index (χ4n) is 2.84. The second kappa shape index (κ2) is 9.33. The summed E-state index contributed by atoms with van der Waals surface area (Å²) in [5, 5.41) is 24.8. The van der Waals surface area contributed by atoms with Crippen LogP contribution in [0.15, 0.2) is 29.4 Å². The molecular formula is C19H20ClN7O2S2. The monoisotopic (exact) mass is 477 g/mol. The molecule has 0 saturated heterocycles. The Bertz CT molecular complexity index is 1100. The molecule has 2 heterocycles. The Balaban J connectivity index is 1.30. The number of aromatic nitrogens is 5. The van der Waals surface area contributed by atoms with Crippen LogP contribution in [0.2, 0.25) is 5.02 Å². The number of hydrogen-bond donors (Lipinski definition) is 2. The van der Waals surface area contributed by atoms with Crippen LogP contribution in [0.3, 0.4) is 0 Å². The molecule has 2 amide bonds. The van der Waals surface area contributed by atoms with Gasteiger partial charge in [-0.05, 0) is 44.0 Å². The maximum absolute atomic E-state index is 12.4. The maximum Gasteiger partial charge on any atom is 0.251 e. The van der Waals surface area contributed by atoms with E-state index in [0.29, 0.717) is 32.6 Å². The SMILES string of the molecule is C[C@@H](NC(=O)c1ccc(Cl)cc1)c1nnc(SCC(=O)Nc2nnc(C3CC3)s2)n1C. The van der Waals surface area contributed by atoms with Crippen molar-refractivity contribution in [3.8, 4) is 0 Å². The number of carbonyl (C=O) groups is 2. The first-order valence-corrected chi connectivity index (χ1v) is 11.8. The molecule has 0 bridgehead atoms. The van der Waals surface area contributed by atoms with Gasteiger partial charge in [0.2, 0.25) is 11.0 Å². The largest absolute Gasteiger partial charge is 0.342 e. The van der Waals surface area contributed by atoms with Crippen molar-refractivity contribution >= 4 is 51.6 Å². The molecule has 1 aromatic carbocycles. The van der Waals surface area contributed by atoms with Crippen molar-refractivity contribution in [1.29, 1.82) is 0 Å². The summed E-state index contributed by atoms with van der Waals surface area (Å²) in [6.07, 6.45) is 2.29. The maximum atomic E-state index is 12.4. The van der Waals surface area contributed by atoms with Gasteiger partial charge in [0.05, 0.1) is 11.8 Å². The number of nitrogens with one attached hydrogen (secondary N) is 2. The van der Waals surface area contributed by atoms with E-state index >= 15 is 0 Å². The number of carbonyl (C=O) groups excluding carboxylic acids is 2. The van der Waals surface area contributed by atoms with Crippen LogP contribution >= 0.6 is 34.7 Å². The highest BCUT2D eigenvalue weighted by molar-refractivity contribution is 7.99. The summed E-state index contributed by atoms with van der Waals surface area (Å²) >= 11 is 8.55. The highest BCUT2D eigenvalue weighted by Gasteiger charge is 2.27. The van der Waals surface area contributed by atoms with Gasteiger partial charge in [-0.25, -0.2) is 0 Å². The van der Waals surface area contributed by atoms with Crippen LogP contribution in [0.1, 0.15) is 52.9 Å². The van der Waals surface area contributed by atoms with Gasteiger partial charge in [0.15, 0.2) is 11.0 Å². The second-order valence-corrected chi connectivity index (χ2v) is 9.55. The number of thioether (sulfide) groups is 1. The number of benzene rings is 1. The van der Waals surface area contributed by atoms with Crippen LogP contribution < -0.4 is 10.6 Å². The number of amides is 2. The van der Waals surface area contributed by atoms with E-state index in [9.17, 15) is 9.59 Å². The van der Waals surface area contributed by atoms with Crippen LogP contribution in [-0.2, 0) is 11.8 Å². The van der Waals surface area contributed by atoms with Gasteiger partial charge in [0.1, 0.15) is 5.01 Å². The molecule has 1 aliphatic carbocycles. The van der Waals surface area contributed by atoms with Crippen LogP contribution in [-0.4, -0.2) is 42.5 Å². The van der Waals surface area contributed by atoms with E-state index in [4.69, 9.17) is 11.6 Å². The van der Waals surface area contributed by atoms with Gasteiger partial charge < -0.3 is 9.88 Å². The average molecular weight is 478 g/mol. The Labute approximate surface area is 192 Å². The predicted molar refractivity (Wildman–Crippen MR) is 120 cm³/mol. The molecular weight excluding hydrogens is 458 g/mol. The second-order valence-electron chi connectivity index (χ2n) is 7.16. The molecule has 1 fully saturated rings. The Morgan fingerprint density at radius 3 is 2.68 bits per heavy atom. The zero-order chi connectivity index (χ0) is 22.0. The topological polar surface area (TPSA) is 115 Å². The fraction of sp³-hybridized carbons (Fsp3) is 0.368. The van der Waals surface area contributed by atoms with Gasteiger partial charge in [-0.15, -0.1) is 20.4 Å². The van der Waals surface area contributed by atoms with Crippen molar-refractivity contribution in [2.75, 3.05) is 11.1 Å². The van der Waals surface area contributed by atoms with Gasteiger partial charge in [0.25, 0.3) is 5.91 Å². The molecule has 1 atom stereocenters. The lowest BCUT2D eigenvalue weighted by atomic mass is 10.2. The van der Waals surface area contributed by atoms with E-state index in [1.54, 1.807) is 35.9 Å². The van der Waals surface area contributed by atoms with Crippen molar-refractivity contribution in [3.63, 3.8) is 0 Å². The third kappa shape index (κ3) is 5.41. The molecule has 0 radical (unpaired) electrons. The summed E-state index contributed by atoms with van der Waals surface area (Å²) in [7, 11) is 1.80. The minimum Gasteiger partial charge on any atom is -0.342 e. The molecule has 1 aliphatic rings. The Morgan fingerprint density at radius 1 is 1.23 bits per heavy atom. The van der Waals surface area contributed by atoms with Crippen molar-refractivity contribution in [2.45, 2.75) is 36.9 Å². The minimum absolute atomic E-state index is 0.163. The summed E-state index contributed by atoms with van der Waals surface area (Å²) in [6.45, 7) is 1.83. The third-order valence-corrected chi connectivity index (χ3v) is 6.93. The van der Waals surface area contributed by atoms with Crippen molar-refractivity contribution < 1.29 is 9.59 Å². The lowest BCUT2D eigenvalue weighted by molar-refractivity contribution is -0.113. The number of anilines is 1. The molecule has 0 spiro atoms. The summed E-state index contributed by atoms with van der Waals surface area (Å²) in [4.78, 5) is 24.7. The highest BCUT2D eigenvalue weighted by atomic mass is 35.5. The molecule has 9 nitrogen and oxygen atoms in total. The third-order valence-electron chi connectivity index (χ3n) is 4.66. The molecule has 3 aromatic rings. The summed E-state index contributed by atoms with van der Waals surface area (Å²) in [5.41, 5.74) is 0.506. The van der Waals surface area contributed by atoms with E-state index in [-0.39, 0.29) is 23.6 Å². The first-order valence-electron chi connectivity index (χ1n) is 9.62. The van der Waals surface area contributed by atoms with Gasteiger partial charge in [0, 0.05) is 23.6 Å². The minimum atomic E-state index is -0.369. The summed E-state index contributed by atoms with van der Waals surface area (Å²) in [6, 6.07) is 6.28. The first kappa shape index (κ1) is 21.7. The Kier molecular flexibility index (Phi) is 6.54. The van der Waals surface area contributed by atoms with Crippen molar-refractivity contribution in [3.05, 3.63) is 45.7 Å². The van der Waals surface area contributed by atoms with Gasteiger partial charge >= 0.3 is 0 Å². The molecule has 1 saturated carbocycles. The fourth-order valence-corrected chi connectivity index (χ4v) is 4.61. The molecule has 4 rings (SSSR count). The van der Waals surface area contributed by atoms with E-state index < -0.39 is 0 Å². The Hall–Kier alpha value is -2.50. The standard InChI is InChI=1S/C19H20ClN7O2S2/c1-10(21-16(29)11-5-7-13(20)8-6-11)15-23-26-19(27(15)2)30-9-14(28)22-18-25-24-17(31-18)12-3-4-12/h5-8,10,12H,3-4,9H2,1-2H3,(H,21,29)(H,22,25,28)/t10-/m1/s1. The molecule has 2 N–H and O–H groups in total. The average Bonchev–Trinajstić information content (AvgIpc) is 3.38. The smallest absolute Gasteiger partial charge is 0.251 e. The molecule has 2 aromatic heterocycles. The lowest BCUT2D eigenvalue weighted by Gasteiger charge is -2.13. The zero-order valence-electron chi connectivity index (χ0n) is 16.8. The first-order chi connectivity index (χ1) is 14.9. The van der Waals surface area contributed by atoms with E-state index in [2.05, 4.69) is 31.0 Å². The van der Waals surface area contributed by atoms with E-state index in [0.717, 1.165) is 17.8 Å². The highest BCUT2D eigenvalue weighted by Crippen LogP contribution is 2.42. The quantitative estimate of drug-likeness (QED) is 0.477. The van der Waals surface area contributed by atoms with Crippen LogP contribution in [0.4, 0.5) is 5.13 Å². The van der Waals surface area contributed by atoms with Crippen LogP contribution in [0.5, 0.6) is 0 Å². The predicted octanol–water partition coefficient (Wildman–Crippen LogP) is 3.42. The summed E-state index contributed by atoms with van der Waals surface area (Å²) < 4.78 is 1.76. The summed E-state index contributed by atoms with van der Waals surface area (Å²) in [5.74, 6) is 0.844. The van der Waals surface area contributed by atoms with Crippen LogP contribution in [0.25, 0.3) is 0 Å². The van der Waals surface area contributed by atoms with Crippen LogP contribution in [0, 0.1) is 0 Å². The number of nitrogens with zero attached hydrogens (tertiary/aromatic N) is 5. The van der Waals surface area contributed by atoms with Crippen molar-refractivity contribution in [2.24, 2.45) is 7.05 Å². The molecule has 162 valence electrons. The van der Waals surface area contributed by atoms with E-state index in [1.807, 2.05) is 6.92 Å². The van der Waals surface area contributed by atoms with Gasteiger partial charge in [-0.3, -0.25) is 14.9 Å². The van der Waals surface area contributed by atoms with Gasteiger partial charge in [-0.2, -0.15) is 0 Å². The molecule has 31 heavy (non-hydrogen) atoms. The molecule has 0 unspecified atom stereocenters. The van der Waals surface area contributed by atoms with E-state index in [1.165, 1.54) is 23.1 Å². The number of rotatable bonds is 8. The Morgan fingerprint density at radius 2 is 1.97 bits per heavy atom. The molecule has 12 heteroatoms. The molecule has 0 aliphatic heterocycles. The number of hydrogen-bond acceptors (Lipinski definition) is 8. The normalized spacial score (nSPS) is 14.3. The lowest BCUT2D eigenvalue weighted by Crippen LogP contribution is -2.28.